The number of halogens is 1. The van der Waals surface area contributed by atoms with Crippen molar-refractivity contribution < 1.29 is 4.79 Å². The minimum absolute atomic E-state index is 0.274. The predicted molar refractivity (Wildman–Crippen MR) is 75.0 cm³/mol. The minimum atomic E-state index is -0.274. The number of fused-ring (bicyclic) bond motifs is 1. The molecule has 1 N–H and O–H groups in total. The Bertz CT molecular complexity index is 764. The van der Waals surface area contributed by atoms with Crippen molar-refractivity contribution in [3.8, 4) is 0 Å². The summed E-state index contributed by atoms with van der Waals surface area (Å²) < 4.78 is 1.53. The van der Waals surface area contributed by atoms with Gasteiger partial charge in [-0.1, -0.05) is 35.1 Å². The third-order valence-corrected chi connectivity index (χ3v) is 3.66. The molecule has 0 radical (unpaired) electrons. The summed E-state index contributed by atoms with van der Waals surface area (Å²) in [6.45, 7) is 1.78. The number of nitrogens with zero attached hydrogens (tertiary/aromatic N) is 3. The Morgan fingerprint density at radius 2 is 2.21 bits per heavy atom. The largest absolute Gasteiger partial charge is 0.319 e. The molecule has 0 atom stereocenters. The second-order valence-electron chi connectivity index (χ2n) is 3.91. The molecule has 96 valence electrons. The molecule has 0 aliphatic heterocycles. The van der Waals surface area contributed by atoms with Gasteiger partial charge in [0.25, 0.3) is 5.91 Å². The lowest BCUT2D eigenvalue weighted by molar-refractivity contribution is 0.102. The Morgan fingerprint density at radius 1 is 1.42 bits per heavy atom. The molecule has 2 aromatic heterocycles. The summed E-state index contributed by atoms with van der Waals surface area (Å²) in [5, 5.41) is 7.36. The quantitative estimate of drug-likeness (QED) is 0.790. The molecule has 0 saturated carbocycles. The van der Waals surface area contributed by atoms with Gasteiger partial charge in [-0.15, -0.1) is 0 Å². The molecule has 7 heteroatoms. The van der Waals surface area contributed by atoms with Crippen LogP contribution in [0, 0.1) is 6.92 Å². The normalized spacial score (nSPS) is 10.8. The van der Waals surface area contributed by atoms with E-state index in [4.69, 9.17) is 11.6 Å². The van der Waals surface area contributed by atoms with Crippen molar-refractivity contribution in [3.05, 3.63) is 46.2 Å². The zero-order valence-electron chi connectivity index (χ0n) is 9.92. The first-order valence-electron chi connectivity index (χ1n) is 5.51. The number of imidazole rings is 1. The van der Waals surface area contributed by atoms with Crippen molar-refractivity contribution in [2.75, 3.05) is 5.32 Å². The molecule has 2 heterocycles. The fourth-order valence-electron chi connectivity index (χ4n) is 1.80. The number of benzene rings is 1. The van der Waals surface area contributed by atoms with Crippen molar-refractivity contribution in [3.63, 3.8) is 0 Å². The van der Waals surface area contributed by atoms with Crippen LogP contribution in [0.1, 0.15) is 16.2 Å². The molecule has 5 nitrogen and oxygen atoms in total. The average Bonchev–Trinajstić information content (AvgIpc) is 2.91. The molecule has 1 amide bonds. The molecule has 0 bridgehead atoms. The molecular weight excluding hydrogens is 284 g/mol. The second-order valence-corrected chi connectivity index (χ2v) is 5.13. The molecular formula is C12H9ClN4OS. The number of carbonyl (C=O) groups is 1. The molecule has 0 unspecified atom stereocenters. The van der Waals surface area contributed by atoms with Crippen molar-refractivity contribution >= 4 is 39.5 Å². The monoisotopic (exact) mass is 292 g/mol. The number of aryl methyl sites for hydroxylation is 1. The fraction of sp³-hybridized carbons (Fsp3) is 0.0833. The fourth-order valence-corrected chi connectivity index (χ4v) is 2.65. The van der Waals surface area contributed by atoms with Crippen molar-refractivity contribution in [1.29, 1.82) is 0 Å². The molecule has 0 fully saturated rings. The van der Waals surface area contributed by atoms with Crippen molar-refractivity contribution in [1.82, 2.24) is 14.6 Å². The number of hydrogen-bond donors (Lipinski definition) is 1. The Morgan fingerprint density at radius 3 is 3.00 bits per heavy atom. The lowest BCUT2D eigenvalue weighted by Crippen LogP contribution is -2.16. The van der Waals surface area contributed by atoms with Crippen LogP contribution < -0.4 is 5.32 Å². The Hall–Kier alpha value is -1.92. The maximum absolute atomic E-state index is 12.3. The zero-order valence-corrected chi connectivity index (χ0v) is 11.5. The van der Waals surface area contributed by atoms with Crippen LogP contribution in [0.2, 0.25) is 5.02 Å². The highest BCUT2D eigenvalue weighted by molar-refractivity contribution is 7.14. The van der Waals surface area contributed by atoms with Gasteiger partial charge in [0.15, 0.2) is 5.69 Å². The van der Waals surface area contributed by atoms with E-state index >= 15 is 0 Å². The van der Waals surface area contributed by atoms with Gasteiger partial charge in [-0.05, 0) is 19.1 Å². The zero-order chi connectivity index (χ0) is 13.4. The van der Waals surface area contributed by atoms with Crippen LogP contribution >= 0.6 is 22.9 Å². The van der Waals surface area contributed by atoms with Gasteiger partial charge in [-0.2, -0.15) is 9.61 Å². The first-order valence-corrected chi connectivity index (χ1v) is 6.77. The molecule has 1 aromatic carbocycles. The van der Waals surface area contributed by atoms with E-state index in [2.05, 4.69) is 15.4 Å². The highest BCUT2D eigenvalue weighted by Crippen LogP contribution is 2.22. The van der Waals surface area contributed by atoms with Gasteiger partial charge in [0.05, 0.1) is 16.4 Å². The predicted octanol–water partition coefficient (Wildman–Crippen LogP) is 3.00. The van der Waals surface area contributed by atoms with E-state index in [9.17, 15) is 4.79 Å². The lowest BCUT2D eigenvalue weighted by atomic mass is 10.3. The number of amides is 1. The van der Waals surface area contributed by atoms with E-state index in [0.717, 1.165) is 0 Å². The number of aromatic nitrogens is 3. The first kappa shape index (κ1) is 12.1. The van der Waals surface area contributed by atoms with Gasteiger partial charge in [0, 0.05) is 0 Å². The van der Waals surface area contributed by atoms with Crippen LogP contribution in [0.15, 0.2) is 29.8 Å². The molecule has 0 aliphatic carbocycles. The van der Waals surface area contributed by atoms with Gasteiger partial charge < -0.3 is 5.32 Å². The molecule has 3 aromatic rings. The highest BCUT2D eigenvalue weighted by atomic mass is 35.5. The molecule has 19 heavy (non-hydrogen) atoms. The summed E-state index contributed by atoms with van der Waals surface area (Å²) in [5.41, 5.74) is 3.28. The molecule has 0 aliphatic rings. The van der Waals surface area contributed by atoms with E-state index in [-0.39, 0.29) is 5.91 Å². The Labute approximate surface area is 117 Å². The van der Waals surface area contributed by atoms with E-state index in [1.54, 1.807) is 30.6 Å². The van der Waals surface area contributed by atoms with Crippen molar-refractivity contribution in [2.45, 2.75) is 6.92 Å². The van der Waals surface area contributed by atoms with Gasteiger partial charge >= 0.3 is 0 Å². The van der Waals surface area contributed by atoms with Gasteiger partial charge in [-0.25, -0.2) is 4.98 Å². The van der Waals surface area contributed by atoms with Crippen LogP contribution in [-0.4, -0.2) is 20.5 Å². The van der Waals surface area contributed by atoms with E-state index in [1.807, 2.05) is 6.07 Å². The van der Waals surface area contributed by atoms with Gasteiger partial charge in [0.1, 0.15) is 5.51 Å². The topological polar surface area (TPSA) is 59.3 Å². The standard InChI is InChI=1S/C12H9ClN4OS/c1-7-10(17-12(15-7)19-6-14-17)11(18)16-9-5-3-2-4-8(9)13/h2-6H,1H3,(H,16,18). The van der Waals surface area contributed by atoms with Gasteiger partial charge in [0.2, 0.25) is 4.96 Å². The number of anilines is 1. The summed E-state index contributed by atoms with van der Waals surface area (Å²) >= 11 is 7.40. The summed E-state index contributed by atoms with van der Waals surface area (Å²) in [6, 6.07) is 7.08. The van der Waals surface area contributed by atoms with Crippen LogP contribution in [0.5, 0.6) is 0 Å². The Balaban J connectivity index is 1.98. The number of hydrogen-bond acceptors (Lipinski definition) is 4. The van der Waals surface area contributed by atoms with Crippen LogP contribution in [-0.2, 0) is 0 Å². The lowest BCUT2D eigenvalue weighted by Gasteiger charge is -2.06. The first-order chi connectivity index (χ1) is 9.16. The number of rotatable bonds is 2. The summed E-state index contributed by atoms with van der Waals surface area (Å²) in [5.74, 6) is -0.274. The number of nitrogens with one attached hydrogen (secondary N) is 1. The third-order valence-electron chi connectivity index (χ3n) is 2.66. The Kier molecular flexibility index (Phi) is 2.96. The summed E-state index contributed by atoms with van der Waals surface area (Å²) in [7, 11) is 0. The van der Waals surface area contributed by atoms with Crippen LogP contribution in [0.25, 0.3) is 4.96 Å². The maximum Gasteiger partial charge on any atom is 0.276 e. The SMILES string of the molecule is Cc1nc2scnn2c1C(=O)Nc1ccccc1Cl. The summed E-state index contributed by atoms with van der Waals surface area (Å²) in [4.78, 5) is 17.3. The maximum atomic E-state index is 12.3. The van der Waals surface area contributed by atoms with E-state index in [1.165, 1.54) is 15.9 Å². The molecule has 3 rings (SSSR count). The third kappa shape index (κ3) is 2.09. The smallest absolute Gasteiger partial charge is 0.276 e. The number of para-hydroxylation sites is 1. The minimum Gasteiger partial charge on any atom is -0.319 e. The second kappa shape index (κ2) is 4.64. The molecule has 0 saturated heterocycles. The average molecular weight is 293 g/mol. The van der Waals surface area contributed by atoms with E-state index < -0.39 is 0 Å². The highest BCUT2D eigenvalue weighted by Gasteiger charge is 2.19. The van der Waals surface area contributed by atoms with Crippen LogP contribution in [0.3, 0.4) is 0 Å². The summed E-state index contributed by atoms with van der Waals surface area (Å²) in [6.07, 6.45) is 0. The van der Waals surface area contributed by atoms with E-state index in [0.29, 0.717) is 27.1 Å². The van der Waals surface area contributed by atoms with Crippen LogP contribution in [0.4, 0.5) is 5.69 Å². The number of carbonyl (C=O) groups excluding carboxylic acids is 1. The van der Waals surface area contributed by atoms with Gasteiger partial charge in [-0.3, -0.25) is 4.79 Å². The van der Waals surface area contributed by atoms with Crippen molar-refractivity contribution in [2.24, 2.45) is 0 Å². The molecule has 0 spiro atoms.